The highest BCUT2D eigenvalue weighted by Crippen LogP contribution is 2.27. The van der Waals surface area contributed by atoms with Gasteiger partial charge in [0.05, 0.1) is 22.7 Å². The fourth-order valence-electron chi connectivity index (χ4n) is 4.29. The minimum absolute atomic E-state index is 0.646. The van der Waals surface area contributed by atoms with Crippen LogP contribution in [0.4, 0.5) is 0 Å². The SMILES string of the molecule is N#CC1=CCCC=C1N(CCCN)CCCn1nc(-c2ccccc2)cc1-c1ccccc1. The highest BCUT2D eigenvalue weighted by atomic mass is 15.3. The van der Waals surface area contributed by atoms with Crippen molar-refractivity contribution in [2.45, 2.75) is 32.2 Å². The molecule has 0 amide bonds. The van der Waals surface area contributed by atoms with E-state index in [9.17, 15) is 5.26 Å². The van der Waals surface area contributed by atoms with Crippen LogP contribution in [0.15, 0.2) is 90.2 Å². The van der Waals surface area contributed by atoms with E-state index in [0.29, 0.717) is 6.54 Å². The molecule has 0 bridgehead atoms. The highest BCUT2D eigenvalue weighted by Gasteiger charge is 2.17. The lowest BCUT2D eigenvalue weighted by Gasteiger charge is -2.29. The van der Waals surface area contributed by atoms with Crippen molar-refractivity contribution in [2.75, 3.05) is 19.6 Å². The molecule has 5 heteroatoms. The van der Waals surface area contributed by atoms with Gasteiger partial charge in [0.25, 0.3) is 0 Å². The summed E-state index contributed by atoms with van der Waals surface area (Å²) in [6.45, 7) is 3.17. The third-order valence-electron chi connectivity index (χ3n) is 5.94. The van der Waals surface area contributed by atoms with Gasteiger partial charge >= 0.3 is 0 Å². The Kier molecular flexibility index (Phi) is 7.73. The number of aryl methyl sites for hydroxylation is 1. The van der Waals surface area contributed by atoms with E-state index in [1.54, 1.807) is 0 Å². The first-order valence-electron chi connectivity index (χ1n) is 11.7. The van der Waals surface area contributed by atoms with Crippen molar-refractivity contribution < 1.29 is 0 Å². The predicted octanol–water partition coefficient (Wildman–Crippen LogP) is 5.39. The van der Waals surface area contributed by atoms with Crippen LogP contribution < -0.4 is 5.73 Å². The van der Waals surface area contributed by atoms with Crippen LogP contribution in [-0.2, 0) is 6.54 Å². The molecule has 1 aliphatic carbocycles. The molecule has 0 unspecified atom stereocenters. The Morgan fingerprint density at radius 2 is 1.58 bits per heavy atom. The molecule has 168 valence electrons. The molecule has 0 atom stereocenters. The number of benzene rings is 2. The lowest BCUT2D eigenvalue weighted by Crippen LogP contribution is -2.29. The van der Waals surface area contributed by atoms with Gasteiger partial charge in [-0.2, -0.15) is 10.4 Å². The van der Waals surface area contributed by atoms with Crippen LogP contribution in [0.1, 0.15) is 25.7 Å². The van der Waals surface area contributed by atoms with Gasteiger partial charge in [0.1, 0.15) is 6.07 Å². The van der Waals surface area contributed by atoms with Crippen molar-refractivity contribution in [1.82, 2.24) is 14.7 Å². The van der Waals surface area contributed by atoms with Crippen LogP contribution in [0.25, 0.3) is 22.5 Å². The third-order valence-corrected chi connectivity index (χ3v) is 5.94. The average molecular weight is 438 g/mol. The maximum Gasteiger partial charge on any atom is 0.101 e. The van der Waals surface area contributed by atoms with E-state index in [4.69, 9.17) is 10.8 Å². The van der Waals surface area contributed by atoms with Crippen molar-refractivity contribution in [3.63, 3.8) is 0 Å². The van der Waals surface area contributed by atoms with Gasteiger partial charge in [-0.1, -0.05) is 72.8 Å². The van der Waals surface area contributed by atoms with Gasteiger partial charge in [0.2, 0.25) is 0 Å². The topological polar surface area (TPSA) is 70.9 Å². The number of allylic oxidation sites excluding steroid dienone is 3. The first-order valence-corrected chi connectivity index (χ1v) is 11.7. The Bertz CT molecular complexity index is 1140. The molecule has 4 rings (SSSR count). The number of aromatic nitrogens is 2. The molecule has 1 aliphatic rings. The van der Waals surface area contributed by atoms with E-state index < -0.39 is 0 Å². The van der Waals surface area contributed by atoms with Crippen LogP contribution in [0, 0.1) is 11.3 Å². The fraction of sp³-hybridized carbons (Fsp3) is 0.286. The average Bonchev–Trinajstić information content (AvgIpc) is 3.31. The van der Waals surface area contributed by atoms with Crippen LogP contribution in [0.3, 0.4) is 0 Å². The number of nitrogens with two attached hydrogens (primary N) is 1. The van der Waals surface area contributed by atoms with Gasteiger partial charge in [-0.3, -0.25) is 4.68 Å². The number of hydrogen-bond donors (Lipinski definition) is 1. The smallest absolute Gasteiger partial charge is 0.101 e. The summed E-state index contributed by atoms with van der Waals surface area (Å²) in [5, 5.41) is 14.5. The van der Waals surface area contributed by atoms with Crippen molar-refractivity contribution >= 4 is 0 Å². The molecule has 0 radical (unpaired) electrons. The van der Waals surface area contributed by atoms with E-state index in [2.05, 4.69) is 70.3 Å². The van der Waals surface area contributed by atoms with Crippen molar-refractivity contribution in [3.05, 3.63) is 90.2 Å². The summed E-state index contributed by atoms with van der Waals surface area (Å²) in [4.78, 5) is 2.32. The summed E-state index contributed by atoms with van der Waals surface area (Å²) in [7, 11) is 0. The maximum atomic E-state index is 9.59. The molecule has 5 nitrogen and oxygen atoms in total. The van der Waals surface area contributed by atoms with Gasteiger partial charge in [-0.15, -0.1) is 0 Å². The zero-order valence-corrected chi connectivity index (χ0v) is 19.0. The minimum atomic E-state index is 0.646. The third kappa shape index (κ3) is 5.60. The monoisotopic (exact) mass is 437 g/mol. The zero-order valence-electron chi connectivity index (χ0n) is 19.0. The Balaban J connectivity index is 1.54. The van der Waals surface area contributed by atoms with Crippen LogP contribution in [0.2, 0.25) is 0 Å². The Morgan fingerprint density at radius 3 is 2.27 bits per heavy atom. The summed E-state index contributed by atoms with van der Waals surface area (Å²) in [5.41, 5.74) is 12.0. The molecule has 1 aromatic heterocycles. The molecule has 0 aliphatic heterocycles. The quantitative estimate of drug-likeness (QED) is 0.462. The Morgan fingerprint density at radius 1 is 0.909 bits per heavy atom. The van der Waals surface area contributed by atoms with E-state index in [1.165, 1.54) is 0 Å². The summed E-state index contributed by atoms with van der Waals surface area (Å²) < 4.78 is 2.12. The molecule has 0 saturated heterocycles. The second-order valence-corrected chi connectivity index (χ2v) is 8.25. The molecule has 2 aromatic carbocycles. The van der Waals surface area contributed by atoms with Gasteiger partial charge in [0, 0.05) is 25.2 Å². The molecule has 0 spiro atoms. The summed E-state index contributed by atoms with van der Waals surface area (Å²) >= 11 is 0. The molecule has 0 saturated carbocycles. The first kappa shape index (κ1) is 22.6. The van der Waals surface area contributed by atoms with Gasteiger partial charge < -0.3 is 10.6 Å². The first-order chi connectivity index (χ1) is 16.3. The molecular formula is C28H31N5. The fourth-order valence-corrected chi connectivity index (χ4v) is 4.29. The molecule has 33 heavy (non-hydrogen) atoms. The molecule has 0 fully saturated rings. The second kappa shape index (κ2) is 11.3. The summed E-state index contributed by atoms with van der Waals surface area (Å²) in [5.74, 6) is 0. The number of hydrogen-bond acceptors (Lipinski definition) is 4. The minimum Gasteiger partial charge on any atom is -0.371 e. The molecule has 2 N–H and O–H groups in total. The van der Waals surface area contributed by atoms with Crippen LogP contribution >= 0.6 is 0 Å². The van der Waals surface area contributed by atoms with E-state index in [0.717, 1.165) is 79.1 Å². The maximum absolute atomic E-state index is 9.59. The van der Waals surface area contributed by atoms with Crippen molar-refractivity contribution in [2.24, 2.45) is 5.73 Å². The van der Waals surface area contributed by atoms with Gasteiger partial charge in [-0.05, 0) is 43.9 Å². The zero-order chi connectivity index (χ0) is 22.9. The van der Waals surface area contributed by atoms with Crippen molar-refractivity contribution in [1.29, 1.82) is 5.26 Å². The lowest BCUT2D eigenvalue weighted by molar-refractivity contribution is 0.329. The van der Waals surface area contributed by atoms with E-state index in [1.807, 2.05) is 24.3 Å². The van der Waals surface area contributed by atoms with Crippen LogP contribution in [-0.4, -0.2) is 34.3 Å². The van der Waals surface area contributed by atoms with Crippen molar-refractivity contribution in [3.8, 4) is 28.6 Å². The van der Waals surface area contributed by atoms with Crippen LogP contribution in [0.5, 0.6) is 0 Å². The largest absolute Gasteiger partial charge is 0.371 e. The predicted molar refractivity (Wildman–Crippen MR) is 134 cm³/mol. The normalized spacial score (nSPS) is 13.2. The summed E-state index contributed by atoms with van der Waals surface area (Å²) in [6, 6.07) is 25.3. The molecule has 3 aromatic rings. The summed E-state index contributed by atoms with van der Waals surface area (Å²) in [6.07, 6.45) is 8.01. The Hall–Kier alpha value is -3.62. The number of rotatable bonds is 10. The number of nitrogens with zero attached hydrogens (tertiary/aromatic N) is 4. The molecular weight excluding hydrogens is 406 g/mol. The number of nitriles is 1. The second-order valence-electron chi connectivity index (χ2n) is 8.25. The molecule has 1 heterocycles. The van der Waals surface area contributed by atoms with E-state index in [-0.39, 0.29) is 0 Å². The van der Waals surface area contributed by atoms with Gasteiger partial charge in [-0.25, -0.2) is 0 Å². The lowest BCUT2D eigenvalue weighted by atomic mass is 10.0. The highest BCUT2D eigenvalue weighted by molar-refractivity contribution is 5.68. The van der Waals surface area contributed by atoms with E-state index >= 15 is 0 Å². The van der Waals surface area contributed by atoms with Gasteiger partial charge in [0.15, 0.2) is 0 Å². The standard InChI is InChI=1S/C28H31N5/c29-17-9-18-32(27-16-8-7-15-25(27)22-30)19-10-20-33-28(24-13-5-2-6-14-24)21-26(31-33)23-11-3-1-4-12-23/h1-6,11-16,21H,7-10,17-20,29H2. The Labute approximate surface area is 196 Å².